The predicted octanol–water partition coefficient (Wildman–Crippen LogP) is 4.32. The van der Waals surface area contributed by atoms with Crippen LogP contribution in [0.25, 0.3) is 0 Å². The third-order valence-electron chi connectivity index (χ3n) is 8.65. The molecule has 220 valence electrons. The number of carbonyl (C=O) groups is 3. The fourth-order valence-corrected chi connectivity index (χ4v) is 9.20. The van der Waals surface area contributed by atoms with Gasteiger partial charge in [0.1, 0.15) is 17.5 Å². The van der Waals surface area contributed by atoms with E-state index in [1.807, 2.05) is 19.1 Å². The smallest absolute Gasteiger partial charge is 0.248 e. The Morgan fingerprint density at radius 2 is 1.61 bits per heavy atom. The number of nitrogens with zero attached hydrogens (tertiary/aromatic N) is 1. The summed E-state index contributed by atoms with van der Waals surface area (Å²) >= 11 is 1.65. The van der Waals surface area contributed by atoms with E-state index >= 15 is 0 Å². The standard InChI is InChI=1S/C31H39N3O6S/c1-4-40-23-14-10-20(11-15-23)32-27(36)24-25-29(38)34(18-6-5-7-19-35)26(31(25)17-16-30(24,2)41-31)28(37)33-21-8-12-22(39-3)13-9-21/h8-15,24-26,35H,4-7,16-19H2,1-3H3,(H,32,36)(H,33,37)/t24-,25+,26?,30+,31?/m1/s1. The summed E-state index contributed by atoms with van der Waals surface area (Å²) < 4.78 is 9.60. The van der Waals surface area contributed by atoms with Crippen molar-refractivity contribution in [3.8, 4) is 11.5 Å². The maximum absolute atomic E-state index is 14.2. The van der Waals surface area contributed by atoms with Crippen LogP contribution in [0.15, 0.2) is 48.5 Å². The molecule has 0 radical (unpaired) electrons. The first-order chi connectivity index (χ1) is 19.8. The van der Waals surface area contributed by atoms with Gasteiger partial charge in [0.05, 0.1) is 30.3 Å². The number of thioether (sulfide) groups is 1. The van der Waals surface area contributed by atoms with Crippen LogP contribution in [0.5, 0.6) is 11.5 Å². The molecule has 3 amide bonds. The number of likely N-dealkylation sites (tertiary alicyclic amines) is 1. The summed E-state index contributed by atoms with van der Waals surface area (Å²) in [6.45, 7) is 5.02. The summed E-state index contributed by atoms with van der Waals surface area (Å²) in [6, 6.07) is 13.6. The quantitative estimate of drug-likeness (QED) is 0.320. The number of methoxy groups -OCH3 is 1. The number of hydrogen-bond acceptors (Lipinski definition) is 7. The van der Waals surface area contributed by atoms with Gasteiger partial charge in [-0.25, -0.2) is 0 Å². The second-order valence-electron chi connectivity index (χ2n) is 11.2. The number of carbonyl (C=O) groups excluding carboxylic acids is 3. The van der Waals surface area contributed by atoms with Crippen molar-refractivity contribution in [1.82, 2.24) is 4.90 Å². The molecule has 3 heterocycles. The van der Waals surface area contributed by atoms with Crippen molar-refractivity contribution in [3.63, 3.8) is 0 Å². The second kappa shape index (κ2) is 11.9. The average Bonchev–Trinajstić information content (AvgIpc) is 3.53. The van der Waals surface area contributed by atoms with E-state index in [2.05, 4.69) is 17.6 Å². The summed E-state index contributed by atoms with van der Waals surface area (Å²) in [5.74, 6) is -0.329. The molecule has 3 fully saturated rings. The molecule has 9 nitrogen and oxygen atoms in total. The fraction of sp³-hybridized carbons (Fsp3) is 0.516. The molecule has 2 unspecified atom stereocenters. The Kier molecular flexibility index (Phi) is 8.52. The molecule has 3 saturated heterocycles. The number of anilines is 2. The van der Waals surface area contributed by atoms with Crippen molar-refractivity contribution < 1.29 is 29.0 Å². The first-order valence-electron chi connectivity index (χ1n) is 14.4. The van der Waals surface area contributed by atoms with E-state index in [9.17, 15) is 19.5 Å². The van der Waals surface area contributed by atoms with Gasteiger partial charge in [0, 0.05) is 29.3 Å². The number of nitrogens with one attached hydrogen (secondary N) is 2. The zero-order valence-electron chi connectivity index (χ0n) is 23.9. The first kappa shape index (κ1) is 29.3. The van der Waals surface area contributed by atoms with E-state index in [0.29, 0.717) is 49.5 Å². The van der Waals surface area contributed by atoms with Crippen LogP contribution in [0.1, 0.15) is 46.0 Å². The van der Waals surface area contributed by atoms with Gasteiger partial charge in [0.2, 0.25) is 17.7 Å². The molecule has 2 bridgehead atoms. The zero-order valence-corrected chi connectivity index (χ0v) is 24.7. The van der Waals surface area contributed by atoms with Crippen molar-refractivity contribution >= 4 is 40.9 Å². The molecular weight excluding hydrogens is 542 g/mol. The van der Waals surface area contributed by atoms with Crippen LogP contribution in [0.3, 0.4) is 0 Å². The summed E-state index contributed by atoms with van der Waals surface area (Å²) in [6.07, 6.45) is 3.49. The molecule has 0 aromatic heterocycles. The van der Waals surface area contributed by atoms with Crippen molar-refractivity contribution in [2.45, 2.75) is 61.5 Å². The third kappa shape index (κ3) is 5.39. The van der Waals surface area contributed by atoms with E-state index < -0.39 is 27.4 Å². The number of hydrogen-bond donors (Lipinski definition) is 3. The fourth-order valence-electron chi connectivity index (χ4n) is 6.84. The Labute approximate surface area is 245 Å². The molecule has 2 aromatic carbocycles. The zero-order chi connectivity index (χ0) is 29.2. The molecule has 1 spiro atoms. The van der Waals surface area contributed by atoms with Crippen LogP contribution in [0, 0.1) is 11.8 Å². The van der Waals surface area contributed by atoms with Gasteiger partial charge in [-0.15, -0.1) is 11.8 Å². The number of amides is 3. The Morgan fingerprint density at radius 1 is 0.976 bits per heavy atom. The number of fused-ring (bicyclic) bond motifs is 1. The molecule has 0 aliphatic carbocycles. The van der Waals surface area contributed by atoms with E-state index in [-0.39, 0.29) is 24.3 Å². The minimum atomic E-state index is -0.702. The van der Waals surface area contributed by atoms with Crippen molar-refractivity contribution in [1.29, 1.82) is 0 Å². The molecule has 2 aromatic rings. The monoisotopic (exact) mass is 581 g/mol. The Balaban J connectivity index is 1.42. The highest BCUT2D eigenvalue weighted by atomic mass is 32.2. The van der Waals surface area contributed by atoms with E-state index in [4.69, 9.17) is 9.47 Å². The first-order valence-corrected chi connectivity index (χ1v) is 15.2. The SMILES string of the molecule is CCOc1ccc(NC(=O)[C@H]2[C@H]3C(=O)N(CCCCCO)C(C(=O)Nc4ccc(OC)cc4)C34CC[C@]2(C)S4)cc1. The van der Waals surface area contributed by atoms with Gasteiger partial charge in [0.15, 0.2) is 0 Å². The van der Waals surface area contributed by atoms with Crippen LogP contribution in [-0.4, -0.2) is 70.1 Å². The van der Waals surface area contributed by atoms with E-state index in [1.165, 1.54) is 0 Å². The number of rotatable bonds is 12. The predicted molar refractivity (Wildman–Crippen MR) is 159 cm³/mol. The van der Waals surface area contributed by atoms with Crippen LogP contribution >= 0.6 is 11.8 Å². The van der Waals surface area contributed by atoms with Gasteiger partial charge in [0.25, 0.3) is 0 Å². The molecule has 3 N–H and O–H groups in total. The van der Waals surface area contributed by atoms with Crippen molar-refractivity contribution in [2.24, 2.45) is 11.8 Å². The lowest BCUT2D eigenvalue weighted by atomic mass is 9.66. The topological polar surface area (TPSA) is 117 Å². The van der Waals surface area contributed by atoms with Crippen molar-refractivity contribution in [3.05, 3.63) is 48.5 Å². The molecule has 3 aliphatic rings. The number of ether oxygens (including phenoxy) is 2. The highest BCUT2D eigenvalue weighted by Gasteiger charge is 2.77. The van der Waals surface area contributed by atoms with Gasteiger partial charge < -0.3 is 30.1 Å². The van der Waals surface area contributed by atoms with Crippen molar-refractivity contribution in [2.75, 3.05) is 37.5 Å². The summed E-state index contributed by atoms with van der Waals surface area (Å²) in [5, 5.41) is 15.3. The summed E-state index contributed by atoms with van der Waals surface area (Å²) in [5.41, 5.74) is 1.26. The maximum Gasteiger partial charge on any atom is 0.248 e. The average molecular weight is 582 g/mol. The Bertz CT molecular complexity index is 1270. The Morgan fingerprint density at radius 3 is 2.22 bits per heavy atom. The van der Waals surface area contributed by atoms with Crippen LogP contribution < -0.4 is 20.1 Å². The molecule has 41 heavy (non-hydrogen) atoms. The second-order valence-corrected chi connectivity index (χ2v) is 13.1. The van der Waals surface area contributed by atoms with Gasteiger partial charge in [-0.1, -0.05) is 0 Å². The summed E-state index contributed by atoms with van der Waals surface area (Å²) in [4.78, 5) is 43.8. The lowest BCUT2D eigenvalue weighted by Crippen LogP contribution is -2.51. The van der Waals surface area contributed by atoms with Crippen LogP contribution in [0.2, 0.25) is 0 Å². The van der Waals surface area contributed by atoms with Gasteiger partial charge in [-0.2, -0.15) is 0 Å². The lowest BCUT2D eigenvalue weighted by Gasteiger charge is -2.34. The number of aliphatic hydroxyl groups is 1. The number of aliphatic hydroxyl groups excluding tert-OH is 1. The number of unbranched alkanes of at least 4 members (excludes halogenated alkanes) is 2. The molecule has 5 rings (SSSR count). The van der Waals surface area contributed by atoms with Gasteiger partial charge in [-0.3, -0.25) is 14.4 Å². The summed E-state index contributed by atoms with van der Waals surface area (Å²) in [7, 11) is 1.59. The minimum Gasteiger partial charge on any atom is -0.497 e. The minimum absolute atomic E-state index is 0.0872. The molecule has 0 saturated carbocycles. The molecule has 10 heteroatoms. The normalized spacial score (nSPS) is 28.0. The molecular formula is C31H39N3O6S. The highest BCUT2D eigenvalue weighted by molar-refractivity contribution is 8.02. The Hall–Kier alpha value is -3.24. The van der Waals surface area contributed by atoms with E-state index in [1.54, 1.807) is 60.2 Å². The highest BCUT2D eigenvalue weighted by Crippen LogP contribution is 2.71. The van der Waals surface area contributed by atoms with Gasteiger partial charge >= 0.3 is 0 Å². The number of benzene rings is 2. The third-order valence-corrected chi connectivity index (χ3v) is 10.6. The molecule has 3 aliphatic heterocycles. The maximum atomic E-state index is 14.2. The largest absolute Gasteiger partial charge is 0.497 e. The van der Waals surface area contributed by atoms with Crippen LogP contribution in [0.4, 0.5) is 11.4 Å². The van der Waals surface area contributed by atoms with Crippen LogP contribution in [-0.2, 0) is 14.4 Å². The molecule has 5 atom stereocenters. The van der Waals surface area contributed by atoms with E-state index in [0.717, 1.165) is 18.6 Å². The van der Waals surface area contributed by atoms with Gasteiger partial charge in [-0.05, 0) is 94.5 Å². The lowest BCUT2D eigenvalue weighted by molar-refractivity contribution is -0.139.